The van der Waals surface area contributed by atoms with E-state index in [1.807, 2.05) is 0 Å². The molecule has 1 amide bonds. The third-order valence-corrected chi connectivity index (χ3v) is 3.72. The maximum atomic E-state index is 12.2. The first kappa shape index (κ1) is 15.1. The highest BCUT2D eigenvalue weighted by Crippen LogP contribution is 2.14. The molecule has 0 unspecified atom stereocenters. The van der Waals surface area contributed by atoms with Crippen LogP contribution < -0.4 is 10.9 Å². The first-order chi connectivity index (χ1) is 11.1. The lowest BCUT2D eigenvalue weighted by Crippen LogP contribution is -2.32. The molecule has 2 aromatic carbocycles. The summed E-state index contributed by atoms with van der Waals surface area (Å²) in [5.41, 5.74) is 0.360. The second-order valence-electron chi connectivity index (χ2n) is 4.84. The van der Waals surface area contributed by atoms with E-state index in [0.717, 1.165) is 5.56 Å². The highest BCUT2D eigenvalue weighted by molar-refractivity contribution is 6.31. The molecule has 2 N–H and O–H groups in total. The van der Waals surface area contributed by atoms with Crippen LogP contribution in [0.4, 0.5) is 0 Å². The van der Waals surface area contributed by atoms with Crippen molar-refractivity contribution < 1.29 is 10.0 Å². The van der Waals surface area contributed by atoms with Crippen LogP contribution >= 0.6 is 11.6 Å². The Bertz CT molecular complexity index is 953. The van der Waals surface area contributed by atoms with E-state index in [9.17, 15) is 14.8 Å². The van der Waals surface area contributed by atoms with Gasteiger partial charge in [0.05, 0.1) is 10.9 Å². The molecule has 1 heterocycles. The van der Waals surface area contributed by atoms with Crippen LogP contribution in [0.1, 0.15) is 16.2 Å². The van der Waals surface area contributed by atoms with Crippen molar-refractivity contribution in [2.75, 3.05) is 0 Å². The van der Waals surface area contributed by atoms with Crippen molar-refractivity contribution in [3.8, 4) is 0 Å². The topological polar surface area (TPSA) is 84.2 Å². The zero-order valence-corrected chi connectivity index (χ0v) is 12.6. The summed E-state index contributed by atoms with van der Waals surface area (Å²) < 4.78 is 0.254. The SMILES string of the molecule is O=C(NCc1ccccc1Cl)c1nc2ccccc2c(=O)n1O. The zero-order chi connectivity index (χ0) is 16.4. The van der Waals surface area contributed by atoms with Crippen molar-refractivity contribution in [3.63, 3.8) is 0 Å². The molecule has 0 saturated heterocycles. The second kappa shape index (κ2) is 6.10. The Kier molecular flexibility index (Phi) is 3.99. The van der Waals surface area contributed by atoms with Gasteiger partial charge in [-0.3, -0.25) is 9.59 Å². The molecule has 3 rings (SSSR count). The molecule has 0 radical (unpaired) electrons. The number of aromatic nitrogens is 2. The van der Waals surface area contributed by atoms with Crippen molar-refractivity contribution in [3.05, 3.63) is 75.3 Å². The molecule has 6 nitrogen and oxygen atoms in total. The average molecular weight is 330 g/mol. The van der Waals surface area contributed by atoms with Gasteiger partial charge in [0.1, 0.15) is 0 Å². The predicted octanol–water partition coefficient (Wildman–Crippen LogP) is 2.22. The number of hydrogen-bond acceptors (Lipinski definition) is 4. The molecule has 1 aromatic heterocycles. The zero-order valence-electron chi connectivity index (χ0n) is 11.9. The maximum Gasteiger partial charge on any atom is 0.294 e. The van der Waals surface area contributed by atoms with Gasteiger partial charge in [-0.1, -0.05) is 41.9 Å². The summed E-state index contributed by atoms with van der Waals surface area (Å²) in [5, 5.41) is 13.2. The number of halogens is 1. The van der Waals surface area contributed by atoms with Gasteiger partial charge < -0.3 is 10.5 Å². The van der Waals surface area contributed by atoms with E-state index < -0.39 is 11.5 Å². The molecular formula is C16H12ClN3O3. The molecule has 0 atom stereocenters. The average Bonchev–Trinajstić information content (AvgIpc) is 2.57. The minimum atomic E-state index is -0.696. The van der Waals surface area contributed by atoms with Crippen LogP contribution in [0.2, 0.25) is 5.02 Å². The van der Waals surface area contributed by atoms with E-state index in [-0.39, 0.29) is 22.5 Å². The van der Waals surface area contributed by atoms with E-state index in [2.05, 4.69) is 10.3 Å². The van der Waals surface area contributed by atoms with Gasteiger partial charge in [-0.25, -0.2) is 4.98 Å². The van der Waals surface area contributed by atoms with Crippen LogP contribution in [-0.4, -0.2) is 20.8 Å². The van der Waals surface area contributed by atoms with Gasteiger partial charge in [-0.15, -0.1) is 4.73 Å². The second-order valence-corrected chi connectivity index (χ2v) is 5.25. The standard InChI is InChI=1S/C16H12ClN3O3/c17-12-7-3-1-5-10(12)9-18-15(21)14-19-13-8-4-2-6-11(13)16(22)20(14)23/h1-8,23H,9H2,(H,18,21). The van der Waals surface area contributed by atoms with Crippen molar-refractivity contribution in [1.29, 1.82) is 0 Å². The third-order valence-electron chi connectivity index (χ3n) is 3.35. The number of carbonyl (C=O) groups is 1. The minimum absolute atomic E-state index is 0.154. The van der Waals surface area contributed by atoms with Crippen molar-refractivity contribution >= 4 is 28.4 Å². The van der Waals surface area contributed by atoms with Crippen LogP contribution in [0.15, 0.2) is 53.3 Å². The summed E-state index contributed by atoms with van der Waals surface area (Å²) in [6.07, 6.45) is 0. The Morgan fingerprint density at radius 2 is 1.87 bits per heavy atom. The number of fused-ring (bicyclic) bond motifs is 1. The Morgan fingerprint density at radius 3 is 2.65 bits per heavy atom. The van der Waals surface area contributed by atoms with Crippen molar-refractivity contribution in [2.24, 2.45) is 0 Å². The first-order valence-electron chi connectivity index (χ1n) is 6.80. The van der Waals surface area contributed by atoms with Crippen molar-refractivity contribution in [1.82, 2.24) is 15.0 Å². The fraction of sp³-hybridized carbons (Fsp3) is 0.0625. The van der Waals surface area contributed by atoms with Crippen LogP contribution in [0.25, 0.3) is 10.9 Å². The quantitative estimate of drug-likeness (QED) is 0.722. The van der Waals surface area contributed by atoms with Crippen LogP contribution in [0.5, 0.6) is 0 Å². The normalized spacial score (nSPS) is 10.7. The summed E-state index contributed by atoms with van der Waals surface area (Å²) in [7, 11) is 0. The fourth-order valence-electron chi connectivity index (χ4n) is 2.17. The van der Waals surface area contributed by atoms with Gasteiger partial charge in [-0.05, 0) is 23.8 Å². The Hall–Kier alpha value is -2.86. The molecule has 0 spiro atoms. The Labute approximate surface area is 135 Å². The number of nitrogens with zero attached hydrogens (tertiary/aromatic N) is 2. The lowest BCUT2D eigenvalue weighted by molar-refractivity contribution is 0.0878. The molecule has 0 bridgehead atoms. The van der Waals surface area contributed by atoms with E-state index >= 15 is 0 Å². The number of nitrogens with one attached hydrogen (secondary N) is 1. The summed E-state index contributed by atoms with van der Waals surface area (Å²) in [6.45, 7) is 0.154. The number of para-hydroxylation sites is 1. The van der Waals surface area contributed by atoms with Gasteiger partial charge in [0.2, 0.25) is 5.82 Å². The van der Waals surface area contributed by atoms with Crippen LogP contribution in [0, 0.1) is 0 Å². The minimum Gasteiger partial charge on any atom is -0.423 e. The lowest BCUT2D eigenvalue weighted by Gasteiger charge is -2.09. The summed E-state index contributed by atoms with van der Waals surface area (Å²) in [5.74, 6) is -1.05. The predicted molar refractivity (Wildman–Crippen MR) is 85.8 cm³/mol. The lowest BCUT2D eigenvalue weighted by atomic mass is 10.2. The molecule has 116 valence electrons. The fourth-order valence-corrected chi connectivity index (χ4v) is 2.37. The number of amides is 1. The molecular weight excluding hydrogens is 318 g/mol. The van der Waals surface area contributed by atoms with Crippen LogP contribution in [0.3, 0.4) is 0 Å². The monoisotopic (exact) mass is 329 g/mol. The third kappa shape index (κ3) is 2.89. The van der Waals surface area contributed by atoms with Gasteiger partial charge in [0, 0.05) is 11.6 Å². The van der Waals surface area contributed by atoms with Gasteiger partial charge >= 0.3 is 0 Å². The molecule has 0 fully saturated rings. The van der Waals surface area contributed by atoms with E-state index in [1.165, 1.54) is 6.07 Å². The van der Waals surface area contributed by atoms with E-state index in [0.29, 0.717) is 10.5 Å². The van der Waals surface area contributed by atoms with Gasteiger partial charge in [0.25, 0.3) is 11.5 Å². The highest BCUT2D eigenvalue weighted by Gasteiger charge is 2.17. The number of carbonyl (C=O) groups excluding carboxylic acids is 1. The summed E-state index contributed by atoms with van der Waals surface area (Å²) >= 11 is 6.02. The highest BCUT2D eigenvalue weighted by atomic mass is 35.5. The Morgan fingerprint density at radius 1 is 1.17 bits per heavy atom. The van der Waals surface area contributed by atoms with Gasteiger partial charge in [0.15, 0.2) is 0 Å². The Balaban J connectivity index is 1.91. The smallest absolute Gasteiger partial charge is 0.294 e. The molecule has 0 aliphatic heterocycles. The van der Waals surface area contributed by atoms with Gasteiger partial charge in [-0.2, -0.15) is 0 Å². The molecule has 3 aromatic rings. The number of rotatable bonds is 3. The summed E-state index contributed by atoms with van der Waals surface area (Å²) in [4.78, 5) is 28.3. The molecule has 7 heteroatoms. The molecule has 0 saturated carbocycles. The largest absolute Gasteiger partial charge is 0.423 e. The van der Waals surface area contributed by atoms with E-state index in [4.69, 9.17) is 11.6 Å². The van der Waals surface area contributed by atoms with E-state index in [1.54, 1.807) is 42.5 Å². The summed E-state index contributed by atoms with van der Waals surface area (Å²) in [6, 6.07) is 13.5. The first-order valence-corrected chi connectivity index (χ1v) is 7.18. The number of hydrogen-bond donors (Lipinski definition) is 2. The molecule has 0 aliphatic rings. The number of benzene rings is 2. The maximum absolute atomic E-state index is 12.2. The van der Waals surface area contributed by atoms with Crippen molar-refractivity contribution in [2.45, 2.75) is 6.54 Å². The molecule has 0 aliphatic carbocycles. The van der Waals surface area contributed by atoms with Crippen LogP contribution in [-0.2, 0) is 6.54 Å². The molecule has 23 heavy (non-hydrogen) atoms.